The van der Waals surface area contributed by atoms with Gasteiger partial charge in [0.2, 0.25) is 5.60 Å². The number of aliphatic hydroxyl groups is 2. The van der Waals surface area contributed by atoms with Crippen molar-refractivity contribution in [3.63, 3.8) is 0 Å². The van der Waals surface area contributed by atoms with E-state index in [2.05, 4.69) is 10.1 Å². The van der Waals surface area contributed by atoms with Crippen LogP contribution in [0, 0.1) is 17.2 Å². The van der Waals surface area contributed by atoms with Crippen LogP contribution in [-0.4, -0.2) is 61.7 Å². The number of ether oxygens (including phenoxy) is 2. The molecule has 1 aliphatic heterocycles. The lowest BCUT2D eigenvalue weighted by atomic mass is 9.92. The van der Waals surface area contributed by atoms with Crippen molar-refractivity contribution < 1.29 is 24.5 Å². The summed E-state index contributed by atoms with van der Waals surface area (Å²) in [7, 11) is 0. The Kier molecular flexibility index (Phi) is 5.72. The molecule has 1 fully saturated rings. The molecule has 0 bridgehead atoms. The molecule has 0 radical (unpaired) electrons. The van der Waals surface area contributed by atoms with Crippen molar-refractivity contribution in [2.24, 2.45) is 11.7 Å². The molecule has 11 heteroatoms. The summed E-state index contributed by atoms with van der Waals surface area (Å²) in [6, 6.07) is 4.18. The van der Waals surface area contributed by atoms with E-state index in [1.807, 2.05) is 19.9 Å². The highest BCUT2D eigenvalue weighted by Gasteiger charge is 2.57. The second-order valence-electron chi connectivity index (χ2n) is 7.14. The smallest absolute Gasteiger partial charge is 0.323 e. The van der Waals surface area contributed by atoms with Gasteiger partial charge in [0.15, 0.2) is 5.82 Å². The Morgan fingerprint density at radius 2 is 2.24 bits per heavy atom. The molecule has 6 N–H and O–H groups in total. The molecule has 1 unspecified atom stereocenters. The van der Waals surface area contributed by atoms with Crippen LogP contribution in [0.1, 0.15) is 26.0 Å². The number of nitriles is 1. The van der Waals surface area contributed by atoms with Gasteiger partial charge in [-0.25, -0.2) is 9.50 Å². The summed E-state index contributed by atoms with van der Waals surface area (Å²) < 4.78 is 12.2. The Balaban J connectivity index is 1.84. The summed E-state index contributed by atoms with van der Waals surface area (Å²) in [6.45, 7) is 3.35. The first-order valence-electron chi connectivity index (χ1n) is 9.22. The zero-order valence-corrected chi connectivity index (χ0v) is 16.1. The van der Waals surface area contributed by atoms with Crippen molar-refractivity contribution >= 4 is 17.3 Å². The third kappa shape index (κ3) is 3.40. The van der Waals surface area contributed by atoms with Gasteiger partial charge in [-0.2, -0.15) is 10.4 Å². The molecule has 11 nitrogen and oxygen atoms in total. The van der Waals surface area contributed by atoms with Gasteiger partial charge in [0, 0.05) is 0 Å². The maximum Gasteiger partial charge on any atom is 0.323 e. The lowest BCUT2D eigenvalue weighted by Gasteiger charge is -2.24. The number of rotatable bonds is 6. The Morgan fingerprint density at radius 3 is 2.90 bits per heavy atom. The number of aliphatic hydroxyl groups excluding tert-OH is 2. The summed E-state index contributed by atoms with van der Waals surface area (Å²) in [5.41, 5.74) is 10.3. The van der Waals surface area contributed by atoms with E-state index in [4.69, 9.17) is 20.9 Å². The molecule has 0 amide bonds. The van der Waals surface area contributed by atoms with Gasteiger partial charge in [-0.1, -0.05) is 20.3 Å². The first kappa shape index (κ1) is 20.9. The van der Waals surface area contributed by atoms with E-state index in [1.165, 1.54) is 16.9 Å². The maximum atomic E-state index is 12.1. The number of carbonyl (C=O) groups excluding carboxylic acids is 1. The molecule has 0 aromatic carbocycles. The van der Waals surface area contributed by atoms with Crippen molar-refractivity contribution in [3.05, 3.63) is 24.2 Å². The van der Waals surface area contributed by atoms with Crippen molar-refractivity contribution in [1.29, 1.82) is 5.26 Å². The van der Waals surface area contributed by atoms with Gasteiger partial charge in [0.25, 0.3) is 0 Å². The number of nitrogens with two attached hydrogens (primary N) is 2. The van der Waals surface area contributed by atoms with Crippen LogP contribution in [0.15, 0.2) is 18.5 Å². The van der Waals surface area contributed by atoms with Gasteiger partial charge in [0.1, 0.15) is 48.9 Å². The molecule has 0 saturated carbocycles. The first-order chi connectivity index (χ1) is 13.8. The highest BCUT2D eigenvalue weighted by Crippen LogP contribution is 2.40. The van der Waals surface area contributed by atoms with Crippen LogP contribution in [0.4, 0.5) is 5.82 Å². The number of hydrogen-bond donors (Lipinski definition) is 4. The fraction of sp³-hybridized carbons (Fsp3) is 0.556. The van der Waals surface area contributed by atoms with Crippen molar-refractivity contribution in [2.45, 2.75) is 50.2 Å². The highest BCUT2D eigenvalue weighted by molar-refractivity contribution is 5.75. The number of nitrogen functional groups attached to an aromatic ring is 1. The average Bonchev–Trinajstić information content (AvgIpc) is 3.27. The Hall–Kier alpha value is -2.78. The summed E-state index contributed by atoms with van der Waals surface area (Å²) >= 11 is 0. The molecule has 3 heterocycles. The first-order valence-corrected chi connectivity index (χ1v) is 9.22. The van der Waals surface area contributed by atoms with E-state index in [1.54, 1.807) is 6.07 Å². The number of nitrogens with zero attached hydrogens (tertiary/aromatic N) is 4. The molecule has 6 atom stereocenters. The van der Waals surface area contributed by atoms with Crippen molar-refractivity contribution in [1.82, 2.24) is 14.6 Å². The van der Waals surface area contributed by atoms with Gasteiger partial charge < -0.3 is 31.2 Å². The van der Waals surface area contributed by atoms with Crippen LogP contribution in [0.2, 0.25) is 0 Å². The predicted octanol–water partition coefficient (Wildman–Crippen LogP) is -0.932. The van der Waals surface area contributed by atoms with Gasteiger partial charge in [-0.3, -0.25) is 4.79 Å². The van der Waals surface area contributed by atoms with Crippen LogP contribution in [0.5, 0.6) is 0 Å². The number of aromatic nitrogens is 3. The van der Waals surface area contributed by atoms with Gasteiger partial charge in [0.05, 0.1) is 5.69 Å². The fourth-order valence-corrected chi connectivity index (χ4v) is 3.30. The van der Waals surface area contributed by atoms with Crippen molar-refractivity contribution in [2.75, 3.05) is 12.3 Å². The quantitative estimate of drug-likeness (QED) is 0.439. The van der Waals surface area contributed by atoms with Gasteiger partial charge in [-0.15, -0.1) is 0 Å². The number of hydrogen-bond acceptors (Lipinski definition) is 10. The van der Waals surface area contributed by atoms with Gasteiger partial charge in [-0.05, 0) is 18.1 Å². The number of anilines is 1. The van der Waals surface area contributed by atoms with Crippen LogP contribution in [0.25, 0.3) is 5.52 Å². The Labute approximate surface area is 166 Å². The van der Waals surface area contributed by atoms with Crippen LogP contribution >= 0.6 is 0 Å². The molecule has 1 aliphatic rings. The van der Waals surface area contributed by atoms with E-state index in [0.717, 1.165) is 0 Å². The lowest BCUT2D eigenvalue weighted by molar-refractivity contribution is -0.153. The molecule has 0 spiro atoms. The zero-order valence-electron chi connectivity index (χ0n) is 16.1. The summed E-state index contributed by atoms with van der Waals surface area (Å²) in [5.74, 6) is -0.553. The summed E-state index contributed by atoms with van der Waals surface area (Å²) in [5, 5.41) is 35.0. The maximum absolute atomic E-state index is 12.1. The second-order valence-corrected chi connectivity index (χ2v) is 7.14. The molecule has 3 rings (SSSR count). The minimum atomic E-state index is -1.94. The molecular formula is C18H24N6O5. The molecule has 156 valence electrons. The average molecular weight is 404 g/mol. The standard InChI is InChI=1S/C18H24N6O5/c1-3-9(2)13(20)17(27)28-6-11-14(25)15(26)18(7-19,29-11)12-5-4-10-16(21)22-8-23-24(10)12/h4-5,8-9,11,13-15,25-26H,3,6,20H2,1-2H3,(H2,21,22,23)/t9?,11-,13-,14-,15-,18+/m1/s1. The van der Waals surface area contributed by atoms with Crippen molar-refractivity contribution in [3.8, 4) is 6.07 Å². The fourth-order valence-electron chi connectivity index (χ4n) is 3.30. The largest absolute Gasteiger partial charge is 0.462 e. The number of esters is 1. The Morgan fingerprint density at radius 1 is 1.52 bits per heavy atom. The number of carbonyl (C=O) groups is 1. The minimum Gasteiger partial charge on any atom is -0.462 e. The molecule has 2 aromatic heterocycles. The van der Waals surface area contributed by atoms with E-state index in [-0.39, 0.29) is 24.0 Å². The van der Waals surface area contributed by atoms with Crippen LogP contribution in [-0.2, 0) is 19.9 Å². The summed E-state index contributed by atoms with van der Waals surface area (Å²) in [4.78, 5) is 16.0. The minimum absolute atomic E-state index is 0.0852. The van der Waals surface area contributed by atoms with Gasteiger partial charge >= 0.3 is 5.97 Å². The van der Waals surface area contributed by atoms with E-state index >= 15 is 0 Å². The molecule has 29 heavy (non-hydrogen) atoms. The normalized spacial score (nSPS) is 28.8. The zero-order chi connectivity index (χ0) is 21.3. The van der Waals surface area contributed by atoms with Crippen LogP contribution in [0.3, 0.4) is 0 Å². The third-order valence-electron chi connectivity index (χ3n) is 5.41. The lowest BCUT2D eigenvalue weighted by Crippen LogP contribution is -2.41. The second kappa shape index (κ2) is 7.92. The number of fused-ring (bicyclic) bond motifs is 1. The molecule has 1 saturated heterocycles. The monoisotopic (exact) mass is 404 g/mol. The predicted molar refractivity (Wildman–Crippen MR) is 100.0 cm³/mol. The molecule has 2 aromatic rings. The third-order valence-corrected chi connectivity index (χ3v) is 5.41. The van der Waals surface area contributed by atoms with Crippen LogP contribution < -0.4 is 11.5 Å². The molecule has 0 aliphatic carbocycles. The van der Waals surface area contributed by atoms with E-state index in [9.17, 15) is 20.3 Å². The van der Waals surface area contributed by atoms with E-state index < -0.39 is 35.9 Å². The summed E-state index contributed by atoms with van der Waals surface area (Å²) in [6.07, 6.45) is -2.34. The highest BCUT2D eigenvalue weighted by atomic mass is 16.6. The Bertz CT molecular complexity index is 942. The molecular weight excluding hydrogens is 380 g/mol. The van der Waals surface area contributed by atoms with E-state index in [0.29, 0.717) is 11.9 Å². The topological polar surface area (TPSA) is 182 Å². The SMILES string of the molecule is CCC(C)[C@@H](N)C(=O)OC[C@H]1O[C@@](C#N)(c2ccc3c(N)ncnn23)[C@H](O)[C@@H]1O.